The minimum atomic E-state index is 0.419. The third kappa shape index (κ3) is 4.97. The highest BCUT2D eigenvalue weighted by Crippen LogP contribution is 2.27. The zero-order chi connectivity index (χ0) is 13.7. The van der Waals surface area contributed by atoms with Gasteiger partial charge < -0.3 is 10.6 Å². The normalized spacial score (nSPS) is 21.7. The molecule has 0 aromatic heterocycles. The van der Waals surface area contributed by atoms with Crippen molar-refractivity contribution in [3.05, 3.63) is 27.7 Å². The molecule has 0 bridgehead atoms. The van der Waals surface area contributed by atoms with Crippen LogP contribution in [-0.2, 0) is 0 Å². The first-order chi connectivity index (χ1) is 9.15. The lowest BCUT2D eigenvalue weighted by Crippen LogP contribution is -2.33. The van der Waals surface area contributed by atoms with Gasteiger partial charge in [-0.25, -0.2) is 0 Å². The first-order valence-corrected chi connectivity index (χ1v) is 8.27. The zero-order valence-corrected chi connectivity index (χ0v) is 13.7. The highest BCUT2D eigenvalue weighted by Gasteiger charge is 2.15. The Kier molecular flexibility index (Phi) is 5.99. The quantitative estimate of drug-likeness (QED) is 0.817. The van der Waals surface area contributed by atoms with Gasteiger partial charge in [-0.3, -0.25) is 0 Å². The largest absolute Gasteiger partial charge is 0.381 e. The van der Waals surface area contributed by atoms with Crippen molar-refractivity contribution in [3.8, 4) is 0 Å². The molecule has 0 aliphatic carbocycles. The number of nitrogens with one attached hydrogen (secondary N) is 2. The standard InChI is InChI=1S/C15H22BrClN2/c1-11(9-13-5-3-2-4-8-18-13)19-15-10-12(16)6-7-14(15)17/h6-7,10-11,13,18-19H,2-5,8-9H2,1H3. The number of hydrogen-bond donors (Lipinski definition) is 2. The molecule has 2 rings (SSSR count). The Bertz CT molecular complexity index is 403. The van der Waals surface area contributed by atoms with Crippen molar-refractivity contribution in [1.82, 2.24) is 5.32 Å². The summed E-state index contributed by atoms with van der Waals surface area (Å²) in [5, 5.41) is 7.94. The van der Waals surface area contributed by atoms with E-state index in [9.17, 15) is 0 Å². The number of anilines is 1. The molecule has 0 spiro atoms. The van der Waals surface area contributed by atoms with Gasteiger partial charge in [-0.2, -0.15) is 0 Å². The van der Waals surface area contributed by atoms with Gasteiger partial charge in [0, 0.05) is 16.6 Å². The van der Waals surface area contributed by atoms with E-state index in [4.69, 9.17) is 11.6 Å². The summed E-state index contributed by atoms with van der Waals surface area (Å²) >= 11 is 9.69. The second kappa shape index (κ2) is 7.51. The maximum absolute atomic E-state index is 6.21. The van der Waals surface area contributed by atoms with Crippen molar-refractivity contribution in [2.75, 3.05) is 11.9 Å². The number of halogens is 2. The van der Waals surface area contributed by atoms with Crippen LogP contribution in [0.1, 0.15) is 39.0 Å². The molecular weight excluding hydrogens is 324 g/mol. The molecule has 106 valence electrons. The van der Waals surface area contributed by atoms with Crippen LogP contribution in [0.2, 0.25) is 5.02 Å². The highest BCUT2D eigenvalue weighted by atomic mass is 79.9. The van der Waals surface area contributed by atoms with Gasteiger partial charge in [-0.1, -0.05) is 40.4 Å². The van der Waals surface area contributed by atoms with E-state index in [1.54, 1.807) is 0 Å². The summed E-state index contributed by atoms with van der Waals surface area (Å²) in [6.45, 7) is 3.39. The molecule has 1 aliphatic rings. The molecule has 1 aromatic carbocycles. The second-order valence-corrected chi connectivity index (χ2v) is 6.73. The summed E-state index contributed by atoms with van der Waals surface area (Å²) in [7, 11) is 0. The molecule has 1 heterocycles. The van der Waals surface area contributed by atoms with E-state index >= 15 is 0 Å². The van der Waals surface area contributed by atoms with Crippen LogP contribution < -0.4 is 10.6 Å². The van der Waals surface area contributed by atoms with Gasteiger partial charge in [0.05, 0.1) is 10.7 Å². The van der Waals surface area contributed by atoms with E-state index in [0.717, 1.165) is 28.1 Å². The van der Waals surface area contributed by atoms with Crippen molar-refractivity contribution in [2.45, 2.75) is 51.1 Å². The fourth-order valence-electron chi connectivity index (χ4n) is 2.66. The molecule has 2 atom stereocenters. The van der Waals surface area contributed by atoms with Crippen LogP contribution in [0.3, 0.4) is 0 Å². The van der Waals surface area contributed by atoms with Crippen LogP contribution in [0.15, 0.2) is 22.7 Å². The maximum atomic E-state index is 6.21. The fourth-order valence-corrected chi connectivity index (χ4v) is 3.19. The first kappa shape index (κ1) is 15.1. The molecule has 1 aliphatic heterocycles. The molecule has 2 unspecified atom stereocenters. The van der Waals surface area contributed by atoms with Crippen LogP contribution in [0.4, 0.5) is 5.69 Å². The Hall–Kier alpha value is -0.250. The van der Waals surface area contributed by atoms with E-state index in [1.807, 2.05) is 18.2 Å². The molecule has 0 radical (unpaired) electrons. The lowest BCUT2D eigenvalue weighted by molar-refractivity contribution is 0.456. The van der Waals surface area contributed by atoms with Gasteiger partial charge in [-0.15, -0.1) is 0 Å². The first-order valence-electron chi connectivity index (χ1n) is 7.10. The second-order valence-electron chi connectivity index (χ2n) is 5.41. The Morgan fingerprint density at radius 1 is 1.42 bits per heavy atom. The Balaban J connectivity index is 1.89. The lowest BCUT2D eigenvalue weighted by Gasteiger charge is -2.22. The summed E-state index contributed by atoms with van der Waals surface area (Å²) in [5.74, 6) is 0. The van der Waals surface area contributed by atoms with E-state index in [-0.39, 0.29) is 0 Å². The SMILES string of the molecule is CC(CC1CCCCCN1)Nc1cc(Br)ccc1Cl. The van der Waals surface area contributed by atoms with E-state index in [2.05, 4.69) is 33.5 Å². The molecule has 0 amide bonds. The highest BCUT2D eigenvalue weighted by molar-refractivity contribution is 9.10. The van der Waals surface area contributed by atoms with E-state index in [0.29, 0.717) is 12.1 Å². The third-order valence-corrected chi connectivity index (χ3v) is 4.45. The van der Waals surface area contributed by atoms with Gasteiger partial charge in [0.1, 0.15) is 0 Å². The smallest absolute Gasteiger partial charge is 0.0638 e. The minimum absolute atomic E-state index is 0.419. The zero-order valence-electron chi connectivity index (χ0n) is 11.4. The van der Waals surface area contributed by atoms with Crippen LogP contribution in [0.5, 0.6) is 0 Å². The van der Waals surface area contributed by atoms with Gasteiger partial charge >= 0.3 is 0 Å². The van der Waals surface area contributed by atoms with Crippen molar-refractivity contribution in [2.24, 2.45) is 0 Å². The topological polar surface area (TPSA) is 24.1 Å². The van der Waals surface area contributed by atoms with Gasteiger partial charge in [0.15, 0.2) is 0 Å². The van der Waals surface area contributed by atoms with Crippen LogP contribution in [0, 0.1) is 0 Å². The maximum Gasteiger partial charge on any atom is 0.0638 e. The summed E-state index contributed by atoms with van der Waals surface area (Å²) in [6, 6.07) is 6.98. The molecule has 0 saturated carbocycles. The predicted octanol–water partition coefficient (Wildman–Crippen LogP) is 4.83. The summed E-state index contributed by atoms with van der Waals surface area (Å²) in [5.41, 5.74) is 1.01. The molecule has 2 N–H and O–H groups in total. The number of benzene rings is 1. The fraction of sp³-hybridized carbons (Fsp3) is 0.600. The van der Waals surface area contributed by atoms with Crippen molar-refractivity contribution in [1.29, 1.82) is 0 Å². The molecular formula is C15H22BrClN2. The molecule has 1 aromatic rings. The number of hydrogen-bond acceptors (Lipinski definition) is 2. The van der Waals surface area contributed by atoms with Crippen LogP contribution in [-0.4, -0.2) is 18.6 Å². The monoisotopic (exact) mass is 344 g/mol. The van der Waals surface area contributed by atoms with Crippen LogP contribution >= 0.6 is 27.5 Å². The van der Waals surface area contributed by atoms with Crippen molar-refractivity contribution < 1.29 is 0 Å². The van der Waals surface area contributed by atoms with E-state index < -0.39 is 0 Å². The minimum Gasteiger partial charge on any atom is -0.381 e. The lowest BCUT2D eigenvalue weighted by atomic mass is 10.0. The van der Waals surface area contributed by atoms with E-state index in [1.165, 1.54) is 25.7 Å². The van der Waals surface area contributed by atoms with Gasteiger partial charge in [0.2, 0.25) is 0 Å². The van der Waals surface area contributed by atoms with Crippen LogP contribution in [0.25, 0.3) is 0 Å². The Labute approximate surface area is 129 Å². The molecule has 4 heteroatoms. The Morgan fingerprint density at radius 3 is 3.11 bits per heavy atom. The van der Waals surface area contributed by atoms with Crippen molar-refractivity contribution in [3.63, 3.8) is 0 Å². The molecule has 1 fully saturated rings. The average molecular weight is 346 g/mol. The average Bonchev–Trinajstić information content (AvgIpc) is 2.62. The predicted molar refractivity (Wildman–Crippen MR) is 87.1 cm³/mol. The van der Waals surface area contributed by atoms with Crippen molar-refractivity contribution >= 4 is 33.2 Å². The molecule has 2 nitrogen and oxygen atoms in total. The molecule has 19 heavy (non-hydrogen) atoms. The van der Waals surface area contributed by atoms with Gasteiger partial charge in [-0.05, 0) is 50.9 Å². The van der Waals surface area contributed by atoms with Gasteiger partial charge in [0.25, 0.3) is 0 Å². The molecule has 1 saturated heterocycles. The summed E-state index contributed by atoms with van der Waals surface area (Å²) in [6.07, 6.45) is 6.46. The third-order valence-electron chi connectivity index (χ3n) is 3.63. The number of rotatable bonds is 4. The summed E-state index contributed by atoms with van der Waals surface area (Å²) in [4.78, 5) is 0. The summed E-state index contributed by atoms with van der Waals surface area (Å²) < 4.78 is 1.05. The Morgan fingerprint density at radius 2 is 2.26 bits per heavy atom.